The number of hydrogen-bond acceptors (Lipinski definition) is 5. The summed E-state index contributed by atoms with van der Waals surface area (Å²) < 4.78 is 5.30. The van der Waals surface area contributed by atoms with Gasteiger partial charge in [0, 0.05) is 23.9 Å². The van der Waals surface area contributed by atoms with Crippen LogP contribution in [0.2, 0.25) is 0 Å². The van der Waals surface area contributed by atoms with Gasteiger partial charge in [0.05, 0.1) is 18.5 Å². The number of carbonyl (C=O) groups is 1. The van der Waals surface area contributed by atoms with Crippen molar-refractivity contribution in [1.29, 1.82) is 0 Å². The summed E-state index contributed by atoms with van der Waals surface area (Å²) in [4.78, 5) is 16.4. The van der Waals surface area contributed by atoms with E-state index in [1.807, 2.05) is 44.5 Å². The number of ether oxygens (including phenoxy) is 1. The number of thiazole rings is 1. The number of nitrogens with one attached hydrogen (secondary N) is 2. The average Bonchev–Trinajstić information content (AvgIpc) is 2.96. The van der Waals surface area contributed by atoms with Crippen LogP contribution in [0.25, 0.3) is 11.3 Å². The van der Waals surface area contributed by atoms with Crippen molar-refractivity contribution in [2.75, 3.05) is 24.8 Å². The van der Waals surface area contributed by atoms with E-state index in [4.69, 9.17) is 4.74 Å². The Hall–Kier alpha value is -2.08. The van der Waals surface area contributed by atoms with Crippen LogP contribution < -0.4 is 15.4 Å². The molecule has 1 aromatic heterocycles. The van der Waals surface area contributed by atoms with Crippen LogP contribution in [0, 0.1) is 5.92 Å². The van der Waals surface area contributed by atoms with Gasteiger partial charge in [0.2, 0.25) is 5.91 Å². The maximum Gasteiger partial charge on any atom is 0.227 e. The summed E-state index contributed by atoms with van der Waals surface area (Å²) in [5.74, 6) is 0.505. The number of anilines is 2. The van der Waals surface area contributed by atoms with Crippen molar-refractivity contribution >= 4 is 28.1 Å². The van der Waals surface area contributed by atoms with Crippen molar-refractivity contribution in [3.05, 3.63) is 23.6 Å². The molecular formula is C15H19N3O2S. The second-order valence-electron chi connectivity index (χ2n) is 4.85. The minimum Gasteiger partial charge on any atom is -0.495 e. The van der Waals surface area contributed by atoms with Gasteiger partial charge in [-0.3, -0.25) is 4.79 Å². The van der Waals surface area contributed by atoms with Gasteiger partial charge in [0.25, 0.3) is 0 Å². The lowest BCUT2D eigenvalue weighted by Crippen LogP contribution is -2.18. The summed E-state index contributed by atoms with van der Waals surface area (Å²) in [6.07, 6.45) is 0. The van der Waals surface area contributed by atoms with E-state index in [0.717, 1.165) is 16.4 Å². The Morgan fingerprint density at radius 3 is 2.71 bits per heavy atom. The highest BCUT2D eigenvalue weighted by Crippen LogP contribution is 2.32. The van der Waals surface area contributed by atoms with Crippen molar-refractivity contribution in [1.82, 2.24) is 4.98 Å². The molecule has 112 valence electrons. The lowest BCUT2D eigenvalue weighted by atomic mass is 10.1. The van der Waals surface area contributed by atoms with Gasteiger partial charge in [-0.25, -0.2) is 4.98 Å². The van der Waals surface area contributed by atoms with Crippen molar-refractivity contribution in [2.24, 2.45) is 5.92 Å². The van der Waals surface area contributed by atoms with Crippen LogP contribution in [-0.2, 0) is 4.79 Å². The number of nitrogens with zero attached hydrogens (tertiary/aromatic N) is 1. The Balaban J connectivity index is 2.34. The molecule has 0 aliphatic rings. The van der Waals surface area contributed by atoms with Crippen LogP contribution in [0.4, 0.5) is 10.8 Å². The molecule has 0 bridgehead atoms. The molecule has 1 amide bonds. The number of carbonyl (C=O) groups excluding carboxylic acids is 1. The zero-order valence-corrected chi connectivity index (χ0v) is 13.4. The van der Waals surface area contributed by atoms with Gasteiger partial charge in [-0.05, 0) is 18.2 Å². The zero-order valence-electron chi connectivity index (χ0n) is 12.6. The highest BCUT2D eigenvalue weighted by molar-refractivity contribution is 7.14. The summed E-state index contributed by atoms with van der Waals surface area (Å²) in [5, 5.41) is 8.73. The molecule has 0 aliphatic carbocycles. The topological polar surface area (TPSA) is 63.3 Å². The molecule has 0 fully saturated rings. The van der Waals surface area contributed by atoms with Gasteiger partial charge in [0.1, 0.15) is 5.75 Å². The molecule has 2 N–H and O–H groups in total. The summed E-state index contributed by atoms with van der Waals surface area (Å²) in [6.45, 7) is 3.70. The molecular weight excluding hydrogens is 286 g/mol. The van der Waals surface area contributed by atoms with Crippen LogP contribution >= 0.6 is 11.3 Å². The number of aromatic nitrogens is 1. The van der Waals surface area contributed by atoms with E-state index in [0.29, 0.717) is 11.4 Å². The molecule has 1 heterocycles. The first-order valence-corrected chi connectivity index (χ1v) is 7.55. The first-order valence-electron chi connectivity index (χ1n) is 6.67. The molecule has 0 spiro atoms. The van der Waals surface area contributed by atoms with Crippen molar-refractivity contribution < 1.29 is 9.53 Å². The van der Waals surface area contributed by atoms with Crippen LogP contribution in [0.15, 0.2) is 23.6 Å². The molecule has 1 aromatic carbocycles. The molecule has 0 saturated heterocycles. The highest BCUT2D eigenvalue weighted by atomic mass is 32.1. The average molecular weight is 305 g/mol. The third-order valence-corrected chi connectivity index (χ3v) is 3.86. The fraction of sp³-hybridized carbons (Fsp3) is 0.333. The highest BCUT2D eigenvalue weighted by Gasteiger charge is 2.13. The van der Waals surface area contributed by atoms with Crippen molar-refractivity contribution in [3.8, 4) is 17.0 Å². The Labute approximate surface area is 128 Å². The molecule has 5 nitrogen and oxygen atoms in total. The SMILES string of the molecule is CNc1nc(-c2ccc(OC)c(NC(=O)C(C)C)c2)cs1. The molecule has 0 atom stereocenters. The number of rotatable bonds is 5. The smallest absolute Gasteiger partial charge is 0.227 e. The first kappa shape index (κ1) is 15.3. The molecule has 0 radical (unpaired) electrons. The van der Waals surface area contributed by atoms with Gasteiger partial charge in [0.15, 0.2) is 5.13 Å². The number of methoxy groups -OCH3 is 1. The third-order valence-electron chi connectivity index (χ3n) is 3.00. The Bertz CT molecular complexity index is 638. The van der Waals surface area contributed by atoms with E-state index in [9.17, 15) is 4.79 Å². The van der Waals surface area contributed by atoms with Crippen LogP contribution in [0.1, 0.15) is 13.8 Å². The fourth-order valence-electron chi connectivity index (χ4n) is 1.76. The van der Waals surface area contributed by atoms with Gasteiger partial charge >= 0.3 is 0 Å². The third kappa shape index (κ3) is 3.52. The number of hydrogen-bond donors (Lipinski definition) is 2. The monoisotopic (exact) mass is 305 g/mol. The summed E-state index contributed by atoms with van der Waals surface area (Å²) >= 11 is 1.54. The summed E-state index contributed by atoms with van der Waals surface area (Å²) in [7, 11) is 3.42. The Morgan fingerprint density at radius 2 is 2.14 bits per heavy atom. The lowest BCUT2D eigenvalue weighted by molar-refractivity contribution is -0.118. The molecule has 0 saturated carbocycles. The van der Waals surface area contributed by atoms with Crippen LogP contribution in [0.5, 0.6) is 5.75 Å². The number of benzene rings is 1. The summed E-state index contributed by atoms with van der Waals surface area (Å²) in [6, 6.07) is 5.65. The van der Waals surface area contributed by atoms with Crippen LogP contribution in [-0.4, -0.2) is 25.0 Å². The Kier molecular flexibility index (Phi) is 4.80. The molecule has 0 aliphatic heterocycles. The van der Waals surface area contributed by atoms with Crippen LogP contribution in [0.3, 0.4) is 0 Å². The largest absolute Gasteiger partial charge is 0.495 e. The van der Waals surface area contributed by atoms with Crippen molar-refractivity contribution in [2.45, 2.75) is 13.8 Å². The van der Waals surface area contributed by atoms with Gasteiger partial charge in [-0.1, -0.05) is 13.8 Å². The van der Waals surface area contributed by atoms with E-state index >= 15 is 0 Å². The second-order valence-corrected chi connectivity index (χ2v) is 5.71. The van der Waals surface area contributed by atoms with Crippen molar-refractivity contribution in [3.63, 3.8) is 0 Å². The van der Waals surface area contributed by atoms with Gasteiger partial charge < -0.3 is 15.4 Å². The van der Waals surface area contributed by atoms with E-state index in [-0.39, 0.29) is 11.8 Å². The predicted octanol–water partition coefficient (Wildman–Crippen LogP) is 3.45. The van der Waals surface area contributed by atoms with E-state index in [2.05, 4.69) is 15.6 Å². The maximum absolute atomic E-state index is 11.9. The predicted molar refractivity (Wildman–Crippen MR) is 87.1 cm³/mol. The number of amides is 1. The van der Waals surface area contributed by atoms with E-state index in [1.165, 1.54) is 11.3 Å². The molecule has 6 heteroatoms. The fourth-order valence-corrected chi connectivity index (χ4v) is 2.44. The molecule has 2 aromatic rings. The normalized spacial score (nSPS) is 10.5. The standard InChI is InChI=1S/C15H19N3O2S/c1-9(2)14(19)17-11-7-10(5-6-13(11)20-4)12-8-21-15(16-3)18-12/h5-9H,1-4H3,(H,16,18)(H,17,19). The van der Waals surface area contributed by atoms with E-state index < -0.39 is 0 Å². The molecule has 0 unspecified atom stereocenters. The van der Waals surface area contributed by atoms with E-state index in [1.54, 1.807) is 7.11 Å². The molecule has 2 rings (SSSR count). The minimum absolute atomic E-state index is 0.0420. The maximum atomic E-state index is 11.9. The zero-order chi connectivity index (χ0) is 15.4. The van der Waals surface area contributed by atoms with Gasteiger partial charge in [-0.15, -0.1) is 11.3 Å². The second kappa shape index (κ2) is 6.58. The Morgan fingerprint density at radius 1 is 1.38 bits per heavy atom. The first-order chi connectivity index (χ1) is 10.0. The summed E-state index contributed by atoms with van der Waals surface area (Å²) in [5.41, 5.74) is 2.47. The quantitative estimate of drug-likeness (QED) is 0.888. The lowest BCUT2D eigenvalue weighted by Gasteiger charge is -2.13. The minimum atomic E-state index is -0.0893. The molecule has 21 heavy (non-hydrogen) atoms. The van der Waals surface area contributed by atoms with Gasteiger partial charge in [-0.2, -0.15) is 0 Å².